The van der Waals surface area contributed by atoms with Gasteiger partial charge in [0.05, 0.1) is 16.4 Å². The molecule has 1 heterocycles. The number of carbonyl (C=O) groups is 1. The Morgan fingerprint density at radius 1 is 1.19 bits per heavy atom. The summed E-state index contributed by atoms with van der Waals surface area (Å²) in [6.45, 7) is 1.96. The first-order chi connectivity index (χ1) is 15.0. The number of hydrogen-bond acceptors (Lipinski definition) is 5. The highest BCUT2D eigenvalue weighted by Crippen LogP contribution is 2.40. The molecule has 0 saturated heterocycles. The number of aromatic hydroxyl groups is 1. The van der Waals surface area contributed by atoms with Gasteiger partial charge in [-0.2, -0.15) is 0 Å². The van der Waals surface area contributed by atoms with Crippen molar-refractivity contribution in [2.75, 3.05) is 0 Å². The second kappa shape index (κ2) is 8.71. The van der Waals surface area contributed by atoms with Gasteiger partial charge in [-0.15, -0.1) is 0 Å². The third-order valence-corrected chi connectivity index (χ3v) is 6.05. The molecular formula is C24H25N3O4. The fraction of sp³-hybridized carbons (Fsp3) is 0.333. The Kier molecular flexibility index (Phi) is 5.84. The second-order valence-electron chi connectivity index (χ2n) is 8.18. The standard InChI is InChI=1S/C24H25N3O4/c1-15-9-11-16(12-10-15)21(26-24(29)17-6-3-2-4-7-17)19-14-20(27(30)31)18-8-5-13-25-22(18)23(19)28/h5,8-14,17,21,28H,2-4,6-7H2,1H3,(H,26,29)/t21-/m0/s1. The molecule has 1 aliphatic carbocycles. The molecule has 4 rings (SSSR count). The zero-order valence-electron chi connectivity index (χ0n) is 17.4. The van der Waals surface area contributed by atoms with Crippen LogP contribution >= 0.6 is 0 Å². The van der Waals surface area contributed by atoms with Crippen molar-refractivity contribution in [3.63, 3.8) is 0 Å². The van der Waals surface area contributed by atoms with Gasteiger partial charge < -0.3 is 10.4 Å². The van der Waals surface area contributed by atoms with Crippen LogP contribution in [-0.4, -0.2) is 20.9 Å². The molecule has 1 fully saturated rings. The van der Waals surface area contributed by atoms with Crippen molar-refractivity contribution < 1.29 is 14.8 Å². The van der Waals surface area contributed by atoms with Gasteiger partial charge in [-0.1, -0.05) is 49.1 Å². The SMILES string of the molecule is Cc1ccc([C@H](NC(=O)C2CCCCC2)c2cc([N+](=O)[O-])c3cccnc3c2O)cc1. The van der Waals surface area contributed by atoms with E-state index in [4.69, 9.17) is 0 Å². The van der Waals surface area contributed by atoms with Crippen LogP contribution in [0.25, 0.3) is 10.9 Å². The number of aryl methyl sites for hydroxylation is 1. The van der Waals surface area contributed by atoms with Gasteiger partial charge in [-0.05, 0) is 37.5 Å². The van der Waals surface area contributed by atoms with E-state index in [0.717, 1.165) is 43.2 Å². The topological polar surface area (TPSA) is 105 Å². The van der Waals surface area contributed by atoms with Crippen molar-refractivity contribution in [1.29, 1.82) is 0 Å². The number of fused-ring (bicyclic) bond motifs is 1. The number of phenolic OH excluding ortho intramolecular Hbond substituents is 1. The zero-order chi connectivity index (χ0) is 22.0. The molecule has 0 spiro atoms. The Morgan fingerprint density at radius 2 is 1.90 bits per heavy atom. The minimum atomic E-state index is -0.722. The predicted molar refractivity (Wildman–Crippen MR) is 118 cm³/mol. The van der Waals surface area contributed by atoms with Crippen LogP contribution < -0.4 is 5.32 Å². The van der Waals surface area contributed by atoms with Crippen molar-refractivity contribution >= 4 is 22.5 Å². The van der Waals surface area contributed by atoms with E-state index < -0.39 is 11.0 Å². The maximum absolute atomic E-state index is 13.1. The van der Waals surface area contributed by atoms with Crippen molar-refractivity contribution in [2.45, 2.75) is 45.1 Å². The van der Waals surface area contributed by atoms with Gasteiger partial charge in [-0.3, -0.25) is 19.9 Å². The van der Waals surface area contributed by atoms with E-state index in [1.807, 2.05) is 31.2 Å². The molecule has 1 saturated carbocycles. The summed E-state index contributed by atoms with van der Waals surface area (Å²) in [5.41, 5.74) is 2.06. The van der Waals surface area contributed by atoms with Gasteiger partial charge in [-0.25, -0.2) is 0 Å². The number of nitro groups is 1. The summed E-state index contributed by atoms with van der Waals surface area (Å²) in [4.78, 5) is 28.5. The number of benzene rings is 2. The molecule has 0 aliphatic heterocycles. The fourth-order valence-corrected chi connectivity index (χ4v) is 4.33. The number of non-ortho nitro benzene ring substituents is 1. The Balaban J connectivity index is 1.83. The average molecular weight is 419 g/mol. The van der Waals surface area contributed by atoms with Gasteiger partial charge in [0.25, 0.3) is 5.69 Å². The lowest BCUT2D eigenvalue weighted by Crippen LogP contribution is -2.35. The van der Waals surface area contributed by atoms with Crippen molar-refractivity contribution in [1.82, 2.24) is 10.3 Å². The highest BCUT2D eigenvalue weighted by atomic mass is 16.6. The minimum absolute atomic E-state index is 0.0857. The summed E-state index contributed by atoms with van der Waals surface area (Å²) >= 11 is 0. The van der Waals surface area contributed by atoms with Crippen LogP contribution in [0.2, 0.25) is 0 Å². The number of pyridine rings is 1. The summed E-state index contributed by atoms with van der Waals surface area (Å²) in [6, 6.07) is 11.4. The van der Waals surface area contributed by atoms with Crippen LogP contribution in [0, 0.1) is 23.0 Å². The number of amides is 1. The van der Waals surface area contributed by atoms with Gasteiger partial charge in [0.2, 0.25) is 5.91 Å². The van der Waals surface area contributed by atoms with Crippen LogP contribution in [0.4, 0.5) is 5.69 Å². The molecule has 7 nitrogen and oxygen atoms in total. The summed E-state index contributed by atoms with van der Waals surface area (Å²) in [7, 11) is 0. The second-order valence-corrected chi connectivity index (χ2v) is 8.18. The first-order valence-corrected chi connectivity index (χ1v) is 10.6. The van der Waals surface area contributed by atoms with Crippen LogP contribution in [0.15, 0.2) is 48.7 Å². The maximum Gasteiger partial charge on any atom is 0.279 e. The van der Waals surface area contributed by atoms with Crippen molar-refractivity contribution in [3.8, 4) is 5.75 Å². The molecular weight excluding hydrogens is 394 g/mol. The molecule has 1 amide bonds. The summed E-state index contributed by atoms with van der Waals surface area (Å²) in [5.74, 6) is -0.332. The molecule has 0 unspecified atom stereocenters. The smallest absolute Gasteiger partial charge is 0.279 e. The van der Waals surface area contributed by atoms with Gasteiger partial charge in [0, 0.05) is 23.7 Å². The van der Waals surface area contributed by atoms with E-state index in [-0.39, 0.29) is 39.7 Å². The minimum Gasteiger partial charge on any atom is -0.505 e. The molecule has 1 atom stereocenters. The molecule has 2 aromatic carbocycles. The Hall–Kier alpha value is -3.48. The molecule has 3 aromatic rings. The maximum atomic E-state index is 13.1. The van der Waals surface area contributed by atoms with Crippen LogP contribution in [0.1, 0.15) is 54.8 Å². The largest absolute Gasteiger partial charge is 0.505 e. The average Bonchev–Trinajstić information content (AvgIpc) is 2.79. The third-order valence-electron chi connectivity index (χ3n) is 6.05. The Morgan fingerprint density at radius 3 is 2.58 bits per heavy atom. The van der Waals surface area contributed by atoms with Crippen molar-refractivity contribution in [3.05, 3.63) is 75.5 Å². The Bertz CT molecular complexity index is 1120. The molecule has 0 radical (unpaired) electrons. The number of nitrogens with one attached hydrogen (secondary N) is 1. The van der Waals surface area contributed by atoms with Gasteiger partial charge in [0.15, 0.2) is 0 Å². The number of rotatable bonds is 5. The number of hydrogen-bond donors (Lipinski definition) is 2. The van der Waals surface area contributed by atoms with Crippen molar-refractivity contribution in [2.24, 2.45) is 5.92 Å². The van der Waals surface area contributed by atoms with Gasteiger partial charge >= 0.3 is 0 Å². The fourth-order valence-electron chi connectivity index (χ4n) is 4.33. The Labute approximate surface area is 180 Å². The number of carbonyl (C=O) groups excluding carboxylic acids is 1. The monoisotopic (exact) mass is 419 g/mol. The molecule has 1 aliphatic rings. The molecule has 7 heteroatoms. The molecule has 2 N–H and O–H groups in total. The van der Waals surface area contributed by atoms with E-state index in [9.17, 15) is 20.0 Å². The van der Waals surface area contributed by atoms with E-state index >= 15 is 0 Å². The molecule has 1 aromatic heterocycles. The lowest BCUT2D eigenvalue weighted by molar-refractivity contribution is -0.383. The van der Waals surface area contributed by atoms with E-state index in [1.54, 1.807) is 12.1 Å². The zero-order valence-corrected chi connectivity index (χ0v) is 17.4. The van der Waals surface area contributed by atoms with E-state index in [2.05, 4.69) is 10.3 Å². The van der Waals surface area contributed by atoms with E-state index in [0.29, 0.717) is 0 Å². The normalized spacial score (nSPS) is 15.5. The predicted octanol–water partition coefficient (Wildman–Crippen LogP) is 4.94. The highest BCUT2D eigenvalue weighted by molar-refractivity contribution is 5.94. The number of nitro benzene ring substituents is 1. The quantitative estimate of drug-likeness (QED) is 0.450. The molecule has 31 heavy (non-hydrogen) atoms. The van der Waals surface area contributed by atoms with E-state index in [1.165, 1.54) is 12.3 Å². The highest BCUT2D eigenvalue weighted by Gasteiger charge is 2.29. The third kappa shape index (κ3) is 4.21. The molecule has 0 bridgehead atoms. The summed E-state index contributed by atoms with van der Waals surface area (Å²) in [5, 5.41) is 26.1. The first-order valence-electron chi connectivity index (χ1n) is 10.6. The summed E-state index contributed by atoms with van der Waals surface area (Å²) < 4.78 is 0. The van der Waals surface area contributed by atoms with Crippen LogP contribution in [-0.2, 0) is 4.79 Å². The lowest BCUT2D eigenvalue weighted by atomic mass is 9.87. The number of nitrogens with zero attached hydrogens (tertiary/aromatic N) is 2. The van der Waals surface area contributed by atoms with Crippen LogP contribution in [0.5, 0.6) is 5.75 Å². The number of aromatic nitrogens is 1. The lowest BCUT2D eigenvalue weighted by Gasteiger charge is -2.26. The molecule has 160 valence electrons. The number of phenols is 1. The summed E-state index contributed by atoms with van der Waals surface area (Å²) in [6.07, 6.45) is 6.31. The first kappa shape index (κ1) is 20.8. The van der Waals surface area contributed by atoms with Gasteiger partial charge in [0.1, 0.15) is 11.3 Å². The van der Waals surface area contributed by atoms with Crippen LogP contribution in [0.3, 0.4) is 0 Å².